The minimum absolute atomic E-state index is 0.684. The molecular weight excluding hydrogens is 192 g/mol. The molecule has 0 radical (unpaired) electrons. The van der Waals surface area contributed by atoms with Crippen molar-refractivity contribution < 1.29 is 1.37 Å². The smallest absolute Gasteiger partial charge is 0.0885 e. The standard InChI is InChI=1S/C8H4S3/c1-3-10-8-5(1)7-6(11-8)2-4-9-7/h1-4H/i1T. The predicted molar refractivity (Wildman–Crippen MR) is 55.1 cm³/mol. The number of hydrogen-bond acceptors (Lipinski definition) is 3. The van der Waals surface area contributed by atoms with Crippen LogP contribution in [0.1, 0.15) is 1.37 Å². The first-order chi connectivity index (χ1) is 5.86. The molecule has 3 aromatic rings. The van der Waals surface area contributed by atoms with E-state index in [0.29, 0.717) is 6.04 Å². The maximum absolute atomic E-state index is 7.70. The molecule has 3 heteroatoms. The maximum atomic E-state index is 7.70. The van der Waals surface area contributed by atoms with Crippen LogP contribution in [0.2, 0.25) is 0 Å². The van der Waals surface area contributed by atoms with E-state index < -0.39 is 0 Å². The molecule has 0 saturated carbocycles. The highest BCUT2D eigenvalue weighted by atomic mass is 32.2. The summed E-state index contributed by atoms with van der Waals surface area (Å²) in [6.45, 7) is 0. The quantitative estimate of drug-likeness (QED) is 0.508. The molecule has 0 fully saturated rings. The van der Waals surface area contributed by atoms with Gasteiger partial charge in [0.05, 0.1) is 10.1 Å². The third-order valence-corrected chi connectivity index (χ3v) is 4.84. The van der Waals surface area contributed by atoms with Crippen LogP contribution in [0.4, 0.5) is 0 Å². The molecule has 0 nitrogen and oxygen atoms in total. The molecule has 0 spiro atoms. The number of rotatable bonds is 0. The Bertz CT molecular complexity index is 543. The molecule has 3 heterocycles. The first kappa shape index (κ1) is 5.30. The van der Waals surface area contributed by atoms with Gasteiger partial charge in [0, 0.05) is 10.1 Å². The van der Waals surface area contributed by atoms with Gasteiger partial charge in [0.25, 0.3) is 0 Å². The molecule has 54 valence electrons. The van der Waals surface area contributed by atoms with Crippen LogP contribution in [0.5, 0.6) is 0 Å². The van der Waals surface area contributed by atoms with Crippen molar-refractivity contribution >= 4 is 52.8 Å². The molecule has 0 aliphatic heterocycles. The van der Waals surface area contributed by atoms with Crippen molar-refractivity contribution in [2.75, 3.05) is 0 Å². The predicted octanol–water partition coefficient (Wildman–Crippen LogP) is 4.18. The van der Waals surface area contributed by atoms with Gasteiger partial charge in [0.1, 0.15) is 0 Å². The molecule has 0 aromatic carbocycles. The highest BCUT2D eigenvalue weighted by Crippen LogP contribution is 2.39. The first-order valence-corrected chi connectivity index (χ1v) is 5.77. The Labute approximate surface area is 77.1 Å². The van der Waals surface area contributed by atoms with Gasteiger partial charge in [0.15, 0.2) is 0 Å². The first-order valence-electron chi connectivity index (χ1n) is 3.70. The summed E-state index contributed by atoms with van der Waals surface area (Å²) in [5.41, 5.74) is 0. The zero-order valence-corrected chi connectivity index (χ0v) is 7.91. The Hall–Kier alpha value is -0.380. The van der Waals surface area contributed by atoms with Gasteiger partial charge in [-0.3, -0.25) is 0 Å². The van der Waals surface area contributed by atoms with Crippen LogP contribution in [-0.2, 0) is 0 Å². The molecule has 0 aliphatic rings. The summed E-state index contributed by atoms with van der Waals surface area (Å²) >= 11 is 5.22. The molecule has 0 aliphatic carbocycles. The van der Waals surface area contributed by atoms with Gasteiger partial charge in [-0.15, -0.1) is 34.0 Å². The molecule has 0 saturated heterocycles. The monoisotopic (exact) mass is 198 g/mol. The Morgan fingerprint density at radius 2 is 2.27 bits per heavy atom. The van der Waals surface area contributed by atoms with Gasteiger partial charge in [-0.1, -0.05) is 0 Å². The van der Waals surface area contributed by atoms with E-state index in [9.17, 15) is 0 Å². The van der Waals surface area contributed by atoms with Crippen LogP contribution >= 0.6 is 34.0 Å². The van der Waals surface area contributed by atoms with Crippen LogP contribution < -0.4 is 0 Å². The van der Waals surface area contributed by atoms with Crippen LogP contribution in [0.25, 0.3) is 18.8 Å². The summed E-state index contributed by atoms with van der Waals surface area (Å²) < 4.78 is 11.6. The summed E-state index contributed by atoms with van der Waals surface area (Å²) in [6.07, 6.45) is 0. The van der Waals surface area contributed by atoms with Crippen molar-refractivity contribution in [3.63, 3.8) is 0 Å². The normalized spacial score (nSPS) is 12.9. The van der Waals surface area contributed by atoms with Crippen molar-refractivity contribution in [1.29, 1.82) is 0 Å². The Kier molecular flexibility index (Phi) is 0.993. The highest BCUT2D eigenvalue weighted by molar-refractivity contribution is 7.43. The molecule has 11 heavy (non-hydrogen) atoms. The van der Waals surface area contributed by atoms with E-state index in [-0.39, 0.29) is 0 Å². The van der Waals surface area contributed by atoms with E-state index in [4.69, 9.17) is 1.37 Å². The third-order valence-electron chi connectivity index (χ3n) is 1.63. The highest BCUT2D eigenvalue weighted by Gasteiger charge is 2.05. The molecule has 0 unspecified atom stereocenters. The van der Waals surface area contributed by atoms with Gasteiger partial charge in [0.2, 0.25) is 0 Å². The fraction of sp³-hybridized carbons (Fsp3) is 0. The summed E-state index contributed by atoms with van der Waals surface area (Å²) in [5.74, 6) is 0. The summed E-state index contributed by atoms with van der Waals surface area (Å²) in [5, 5.41) is 5.17. The van der Waals surface area contributed by atoms with Gasteiger partial charge >= 0.3 is 0 Å². The van der Waals surface area contributed by atoms with Gasteiger partial charge in [-0.05, 0) is 22.9 Å². The van der Waals surface area contributed by atoms with Crippen LogP contribution in [0.3, 0.4) is 0 Å². The van der Waals surface area contributed by atoms with Gasteiger partial charge in [-0.2, -0.15) is 0 Å². The van der Waals surface area contributed by atoms with Crippen molar-refractivity contribution in [3.05, 3.63) is 22.9 Å². The van der Waals surface area contributed by atoms with E-state index in [2.05, 4.69) is 11.4 Å². The summed E-state index contributed by atoms with van der Waals surface area (Å²) in [6, 6.07) is 2.82. The summed E-state index contributed by atoms with van der Waals surface area (Å²) in [7, 11) is 0. The van der Waals surface area contributed by atoms with Gasteiger partial charge in [-0.25, -0.2) is 0 Å². The van der Waals surface area contributed by atoms with E-state index >= 15 is 0 Å². The van der Waals surface area contributed by atoms with Crippen molar-refractivity contribution in [3.8, 4) is 0 Å². The van der Waals surface area contributed by atoms with Crippen molar-refractivity contribution in [2.24, 2.45) is 0 Å². The largest absolute Gasteiger partial charge is 0.142 e. The number of fused-ring (bicyclic) bond motifs is 3. The molecular formula is C8H4S3. The molecule has 0 N–H and O–H groups in total. The Balaban J connectivity index is 2.71. The lowest BCUT2D eigenvalue weighted by molar-refractivity contribution is 2.22. The third kappa shape index (κ3) is 0.732. The van der Waals surface area contributed by atoms with Crippen molar-refractivity contribution in [1.82, 2.24) is 0 Å². The van der Waals surface area contributed by atoms with Crippen LogP contribution in [0, 0.1) is 0 Å². The van der Waals surface area contributed by atoms with Crippen molar-refractivity contribution in [2.45, 2.75) is 0 Å². The topological polar surface area (TPSA) is 0 Å². The minimum Gasteiger partial charge on any atom is -0.142 e. The fourth-order valence-electron chi connectivity index (χ4n) is 1.15. The van der Waals surface area contributed by atoms with E-state index in [0.717, 1.165) is 5.39 Å². The lowest BCUT2D eigenvalue weighted by atomic mass is 10.4. The lowest BCUT2D eigenvalue weighted by Crippen LogP contribution is -1.43. The van der Waals surface area contributed by atoms with E-state index in [1.54, 1.807) is 34.0 Å². The molecule has 0 amide bonds. The zero-order chi connectivity index (χ0) is 8.13. The summed E-state index contributed by atoms with van der Waals surface area (Å²) in [4.78, 5) is 0. The fourth-order valence-corrected chi connectivity index (χ4v) is 4.40. The van der Waals surface area contributed by atoms with E-state index in [1.807, 2.05) is 5.38 Å². The SMILES string of the molecule is [3H]c1csc2sc3ccsc3c12. The lowest BCUT2D eigenvalue weighted by Gasteiger charge is -1.71. The second-order valence-corrected chi connectivity index (χ2v) is 5.36. The Morgan fingerprint density at radius 3 is 3.27 bits per heavy atom. The molecule has 0 bridgehead atoms. The van der Waals surface area contributed by atoms with Gasteiger partial charge < -0.3 is 0 Å². The number of thiophene rings is 3. The molecule has 3 rings (SSSR count). The van der Waals surface area contributed by atoms with Crippen LogP contribution in [-0.4, -0.2) is 0 Å². The average molecular weight is 198 g/mol. The minimum atomic E-state index is 0.684. The molecule has 3 aromatic heterocycles. The molecule has 0 atom stereocenters. The Morgan fingerprint density at radius 1 is 1.27 bits per heavy atom. The second kappa shape index (κ2) is 2.06. The van der Waals surface area contributed by atoms with E-state index in [1.165, 1.54) is 13.4 Å². The second-order valence-electron chi connectivity index (χ2n) is 2.26. The average Bonchev–Trinajstić information content (AvgIpc) is 2.61. The van der Waals surface area contributed by atoms with Crippen LogP contribution in [0.15, 0.2) is 22.9 Å². The maximum Gasteiger partial charge on any atom is 0.0885 e. The zero-order valence-electron chi connectivity index (χ0n) is 6.46. The number of hydrogen-bond donors (Lipinski definition) is 0.